The van der Waals surface area contributed by atoms with Crippen LogP contribution >= 0.6 is 27.3 Å². The van der Waals surface area contributed by atoms with Crippen molar-refractivity contribution < 1.29 is 8.42 Å². The van der Waals surface area contributed by atoms with Crippen molar-refractivity contribution in [3.8, 4) is 0 Å². The average Bonchev–Trinajstić information content (AvgIpc) is 2.81. The molecule has 1 aromatic heterocycles. The van der Waals surface area contributed by atoms with E-state index in [0.717, 1.165) is 24.3 Å². The van der Waals surface area contributed by atoms with Crippen LogP contribution in [0, 0.1) is 0 Å². The van der Waals surface area contributed by atoms with E-state index in [1.807, 2.05) is 6.92 Å². The molecule has 21 heavy (non-hydrogen) atoms. The second kappa shape index (κ2) is 9.05. The van der Waals surface area contributed by atoms with Crippen LogP contribution in [0.3, 0.4) is 0 Å². The van der Waals surface area contributed by atoms with Crippen LogP contribution in [0.5, 0.6) is 0 Å². The van der Waals surface area contributed by atoms with Gasteiger partial charge in [0, 0.05) is 24.5 Å². The number of rotatable bonds is 10. The predicted molar refractivity (Wildman–Crippen MR) is 93.3 cm³/mol. The molecule has 0 bridgehead atoms. The topological polar surface area (TPSA) is 49.4 Å². The third-order valence-electron chi connectivity index (χ3n) is 2.86. The summed E-state index contributed by atoms with van der Waals surface area (Å²) in [5, 5.41) is 3.29. The molecule has 0 saturated carbocycles. The molecule has 0 aliphatic rings. The third kappa shape index (κ3) is 5.17. The van der Waals surface area contributed by atoms with Gasteiger partial charge in [-0.1, -0.05) is 19.9 Å². The Kier molecular flexibility index (Phi) is 8.12. The lowest BCUT2D eigenvalue weighted by atomic mass is 10.4. The zero-order chi connectivity index (χ0) is 15.9. The summed E-state index contributed by atoms with van der Waals surface area (Å²) in [6, 6.07) is 1.76. The van der Waals surface area contributed by atoms with Crippen LogP contribution in [0.4, 0.5) is 0 Å². The highest BCUT2D eigenvalue weighted by molar-refractivity contribution is 9.11. The van der Waals surface area contributed by atoms with Gasteiger partial charge in [0.05, 0.1) is 3.79 Å². The van der Waals surface area contributed by atoms with Gasteiger partial charge in [0.25, 0.3) is 0 Å². The molecule has 1 N–H and O–H groups in total. The summed E-state index contributed by atoms with van der Waals surface area (Å²) >= 11 is 4.86. The highest BCUT2D eigenvalue weighted by atomic mass is 79.9. The first-order valence-electron chi connectivity index (χ1n) is 7.07. The van der Waals surface area contributed by atoms with E-state index in [1.165, 1.54) is 15.6 Å². The second-order valence-electron chi connectivity index (χ2n) is 4.68. The molecule has 1 rings (SSSR count). The molecule has 0 aliphatic carbocycles. The number of nitrogens with one attached hydrogen (secondary N) is 1. The highest BCUT2D eigenvalue weighted by Crippen LogP contribution is 2.33. The van der Waals surface area contributed by atoms with Crippen LogP contribution in [0.2, 0.25) is 0 Å². The Morgan fingerprint density at radius 1 is 1.43 bits per heavy atom. The van der Waals surface area contributed by atoms with Gasteiger partial charge in [-0.15, -0.1) is 17.9 Å². The fourth-order valence-corrected chi connectivity index (χ4v) is 6.00. The molecule has 120 valence electrons. The largest absolute Gasteiger partial charge is 0.312 e. The molecule has 0 saturated heterocycles. The lowest BCUT2D eigenvalue weighted by Crippen LogP contribution is -2.31. The number of halogens is 1. The molecule has 0 unspecified atom stereocenters. The van der Waals surface area contributed by atoms with E-state index in [2.05, 4.69) is 34.7 Å². The minimum atomic E-state index is -3.47. The van der Waals surface area contributed by atoms with E-state index in [9.17, 15) is 8.42 Å². The van der Waals surface area contributed by atoms with Gasteiger partial charge >= 0.3 is 0 Å². The Morgan fingerprint density at radius 3 is 2.71 bits per heavy atom. The molecule has 1 aromatic rings. The maximum atomic E-state index is 12.7. The van der Waals surface area contributed by atoms with Crippen LogP contribution in [0.15, 0.2) is 27.4 Å². The second-order valence-corrected chi connectivity index (χ2v) is 9.04. The van der Waals surface area contributed by atoms with Crippen LogP contribution in [-0.4, -0.2) is 32.4 Å². The Hall–Kier alpha value is -0.210. The van der Waals surface area contributed by atoms with E-state index in [4.69, 9.17) is 0 Å². The summed E-state index contributed by atoms with van der Waals surface area (Å²) in [7, 11) is -3.47. The lowest BCUT2D eigenvalue weighted by molar-refractivity contribution is 0.441. The quantitative estimate of drug-likeness (QED) is 0.487. The number of hydrogen-bond acceptors (Lipinski definition) is 4. The first kappa shape index (κ1) is 18.8. The minimum Gasteiger partial charge on any atom is -0.312 e. The predicted octanol–water partition coefficient (Wildman–Crippen LogP) is 3.60. The Morgan fingerprint density at radius 2 is 2.14 bits per heavy atom. The molecular formula is C14H23BrN2O2S2. The van der Waals surface area contributed by atoms with Crippen molar-refractivity contribution in [1.82, 2.24) is 9.62 Å². The zero-order valence-corrected chi connectivity index (χ0v) is 15.8. The standard InChI is InChI=1S/C14H23BrN2O2S2/c1-4-7-16-11-12-10-13(14(15)20-12)21(18,19)17(8-5-2)9-6-3/h5,10,16H,2,4,6-9,11H2,1,3H3. The number of thiophene rings is 1. The summed E-state index contributed by atoms with van der Waals surface area (Å²) < 4.78 is 27.6. The third-order valence-corrected chi connectivity index (χ3v) is 6.97. The fraction of sp³-hybridized carbons (Fsp3) is 0.571. The minimum absolute atomic E-state index is 0.335. The number of sulfonamides is 1. The average molecular weight is 395 g/mol. The van der Waals surface area contributed by atoms with E-state index < -0.39 is 10.0 Å². The summed E-state index contributed by atoms with van der Waals surface area (Å²) in [5.74, 6) is 0. The van der Waals surface area contributed by atoms with Crippen LogP contribution in [-0.2, 0) is 16.6 Å². The first-order valence-corrected chi connectivity index (χ1v) is 10.1. The van der Waals surface area contributed by atoms with Gasteiger partial charge in [-0.2, -0.15) is 4.31 Å². The van der Waals surface area contributed by atoms with Gasteiger partial charge in [-0.3, -0.25) is 0 Å². The number of hydrogen-bond donors (Lipinski definition) is 1. The Bertz CT molecular complexity index is 555. The van der Waals surface area contributed by atoms with E-state index in [1.54, 1.807) is 12.1 Å². The molecule has 0 spiro atoms. The van der Waals surface area contributed by atoms with Crippen LogP contribution in [0.25, 0.3) is 0 Å². The summed E-state index contributed by atoms with van der Waals surface area (Å²) in [5.41, 5.74) is 0. The maximum Gasteiger partial charge on any atom is 0.245 e. The van der Waals surface area contributed by atoms with Gasteiger partial charge in [-0.25, -0.2) is 8.42 Å². The van der Waals surface area contributed by atoms with E-state index in [-0.39, 0.29) is 0 Å². The normalized spacial score (nSPS) is 12.0. The Balaban J connectivity index is 2.98. The summed E-state index contributed by atoms with van der Waals surface area (Å²) in [6.45, 7) is 10.2. The first-order chi connectivity index (χ1) is 9.97. The highest BCUT2D eigenvalue weighted by Gasteiger charge is 2.27. The van der Waals surface area contributed by atoms with Gasteiger partial charge < -0.3 is 5.32 Å². The van der Waals surface area contributed by atoms with Gasteiger partial charge in [0.15, 0.2) is 0 Å². The van der Waals surface area contributed by atoms with Crippen molar-refractivity contribution in [2.45, 2.75) is 38.1 Å². The van der Waals surface area contributed by atoms with Crippen molar-refractivity contribution in [1.29, 1.82) is 0 Å². The van der Waals surface area contributed by atoms with Crippen molar-refractivity contribution >= 4 is 37.3 Å². The van der Waals surface area contributed by atoms with Gasteiger partial charge in [0.1, 0.15) is 4.90 Å². The molecule has 0 aromatic carbocycles. The van der Waals surface area contributed by atoms with Crippen molar-refractivity contribution in [2.75, 3.05) is 19.6 Å². The van der Waals surface area contributed by atoms with Crippen LogP contribution < -0.4 is 5.32 Å². The molecular weight excluding hydrogens is 372 g/mol. The molecule has 1 heterocycles. The van der Waals surface area contributed by atoms with E-state index >= 15 is 0 Å². The smallest absolute Gasteiger partial charge is 0.245 e. The molecule has 0 radical (unpaired) electrons. The maximum absolute atomic E-state index is 12.7. The van der Waals surface area contributed by atoms with Crippen LogP contribution in [0.1, 0.15) is 31.6 Å². The number of nitrogens with zero attached hydrogens (tertiary/aromatic N) is 1. The zero-order valence-electron chi connectivity index (χ0n) is 12.6. The van der Waals surface area contributed by atoms with Crippen molar-refractivity contribution in [3.63, 3.8) is 0 Å². The lowest BCUT2D eigenvalue weighted by Gasteiger charge is -2.19. The summed E-state index contributed by atoms with van der Waals surface area (Å²) in [4.78, 5) is 1.38. The van der Waals surface area contributed by atoms with Crippen molar-refractivity contribution in [2.24, 2.45) is 0 Å². The molecule has 0 fully saturated rings. The van der Waals surface area contributed by atoms with E-state index in [0.29, 0.717) is 28.3 Å². The SMILES string of the molecule is C=CCN(CCC)S(=O)(=O)c1cc(CNCCC)sc1Br. The molecule has 0 aliphatic heterocycles. The fourth-order valence-electron chi connectivity index (χ4n) is 1.89. The Labute approximate surface area is 140 Å². The summed E-state index contributed by atoms with van der Waals surface area (Å²) in [6.07, 6.45) is 3.46. The molecule has 0 amide bonds. The monoisotopic (exact) mass is 394 g/mol. The van der Waals surface area contributed by atoms with Crippen molar-refractivity contribution in [3.05, 3.63) is 27.4 Å². The van der Waals surface area contributed by atoms with Gasteiger partial charge in [0.2, 0.25) is 10.0 Å². The van der Waals surface area contributed by atoms with Gasteiger partial charge in [-0.05, 0) is 41.4 Å². The molecule has 0 atom stereocenters. The molecule has 7 heteroatoms. The molecule has 4 nitrogen and oxygen atoms in total.